The molecule has 0 aromatic carbocycles. The highest BCUT2D eigenvalue weighted by Crippen LogP contribution is 2.03. The maximum absolute atomic E-state index is 12.4. The van der Waals surface area contributed by atoms with Gasteiger partial charge in [0.15, 0.2) is 5.96 Å². The average molecular weight is 353 g/mol. The molecule has 25 heavy (non-hydrogen) atoms. The Kier molecular flexibility index (Phi) is 7.90. The van der Waals surface area contributed by atoms with E-state index in [1.807, 2.05) is 0 Å². The number of aliphatic carboxylic acids is 1. The fourth-order valence-electron chi connectivity index (χ4n) is 2.10. The molecule has 0 aliphatic rings. The van der Waals surface area contributed by atoms with Crippen molar-refractivity contribution in [3.8, 4) is 0 Å². The van der Waals surface area contributed by atoms with Gasteiger partial charge in [0, 0.05) is 31.8 Å². The van der Waals surface area contributed by atoms with Crippen LogP contribution in [0.15, 0.2) is 17.5 Å². The predicted molar refractivity (Wildman–Crippen MR) is 89.4 cm³/mol. The van der Waals surface area contributed by atoms with Crippen LogP contribution in [0.2, 0.25) is 0 Å². The summed E-state index contributed by atoms with van der Waals surface area (Å²) in [5.74, 6) is -2.26. The summed E-state index contributed by atoms with van der Waals surface area (Å²) >= 11 is 0. The Morgan fingerprint density at radius 1 is 1.32 bits per heavy atom. The number of aliphatic imine (C=N–C) groups is 1. The summed E-state index contributed by atoms with van der Waals surface area (Å²) in [6.45, 7) is 1.53. The van der Waals surface area contributed by atoms with E-state index in [4.69, 9.17) is 11.5 Å². The Balaban J connectivity index is 2.67. The van der Waals surface area contributed by atoms with Crippen molar-refractivity contribution >= 4 is 23.7 Å². The van der Waals surface area contributed by atoms with Gasteiger partial charge in [-0.25, -0.2) is 9.78 Å². The van der Waals surface area contributed by atoms with E-state index in [-0.39, 0.29) is 25.3 Å². The highest BCUT2D eigenvalue weighted by molar-refractivity contribution is 5.90. The van der Waals surface area contributed by atoms with Gasteiger partial charge in [0.2, 0.25) is 11.8 Å². The molecule has 0 bridgehead atoms. The number of nitrogens with two attached hydrogens (primary N) is 2. The number of carboxylic acids is 1. The lowest BCUT2D eigenvalue weighted by Crippen LogP contribution is -2.52. The highest BCUT2D eigenvalue weighted by Gasteiger charge is 2.26. The molecular weight excluding hydrogens is 330 g/mol. The minimum atomic E-state index is -1.18. The zero-order valence-electron chi connectivity index (χ0n) is 13.9. The number of rotatable bonds is 10. The summed E-state index contributed by atoms with van der Waals surface area (Å²) < 4.78 is 0. The van der Waals surface area contributed by atoms with E-state index >= 15 is 0 Å². The van der Waals surface area contributed by atoms with E-state index in [2.05, 4.69) is 25.6 Å². The van der Waals surface area contributed by atoms with E-state index in [0.29, 0.717) is 12.1 Å². The zero-order valence-corrected chi connectivity index (χ0v) is 13.9. The maximum Gasteiger partial charge on any atom is 0.326 e. The van der Waals surface area contributed by atoms with Gasteiger partial charge in [0.1, 0.15) is 12.1 Å². The zero-order chi connectivity index (χ0) is 18.8. The highest BCUT2D eigenvalue weighted by atomic mass is 16.4. The first-order valence-corrected chi connectivity index (χ1v) is 7.62. The maximum atomic E-state index is 12.4. The molecule has 1 aromatic rings. The smallest absolute Gasteiger partial charge is 0.326 e. The number of nitrogens with zero attached hydrogens (tertiary/aromatic N) is 2. The number of hydrogen-bond acceptors (Lipinski definition) is 5. The van der Waals surface area contributed by atoms with E-state index in [1.54, 1.807) is 0 Å². The number of amides is 2. The van der Waals surface area contributed by atoms with Crippen molar-refractivity contribution in [3.05, 3.63) is 18.2 Å². The molecule has 138 valence electrons. The van der Waals surface area contributed by atoms with Crippen molar-refractivity contribution in [2.75, 3.05) is 6.54 Å². The number of H-pyrrole nitrogens is 1. The predicted octanol–water partition coefficient (Wildman–Crippen LogP) is -1.92. The molecule has 1 aromatic heterocycles. The first-order chi connectivity index (χ1) is 11.8. The topological polar surface area (TPSA) is 189 Å². The normalized spacial score (nSPS) is 12.7. The number of imidazole rings is 1. The van der Waals surface area contributed by atoms with E-state index in [0.717, 1.165) is 0 Å². The van der Waals surface area contributed by atoms with Crippen LogP contribution in [0.5, 0.6) is 0 Å². The number of carboxylic acid groups (broad SMARTS) is 1. The van der Waals surface area contributed by atoms with Gasteiger partial charge in [0.05, 0.1) is 6.33 Å². The lowest BCUT2D eigenvalue weighted by Gasteiger charge is -2.20. The third-order valence-electron chi connectivity index (χ3n) is 3.23. The van der Waals surface area contributed by atoms with Crippen LogP contribution in [0.25, 0.3) is 0 Å². The molecule has 2 atom stereocenters. The van der Waals surface area contributed by atoms with Crippen LogP contribution < -0.4 is 22.1 Å². The minimum absolute atomic E-state index is 0.0822. The van der Waals surface area contributed by atoms with Gasteiger partial charge in [-0.15, -0.1) is 0 Å². The van der Waals surface area contributed by atoms with Crippen LogP contribution >= 0.6 is 0 Å². The molecule has 1 rings (SSSR count). The van der Waals surface area contributed by atoms with Crippen molar-refractivity contribution in [1.82, 2.24) is 20.6 Å². The molecule has 0 radical (unpaired) electrons. The van der Waals surface area contributed by atoms with Crippen LogP contribution in [0.3, 0.4) is 0 Å². The van der Waals surface area contributed by atoms with Crippen LogP contribution in [0.1, 0.15) is 25.5 Å². The Morgan fingerprint density at radius 3 is 2.56 bits per heavy atom. The Labute approximate surface area is 144 Å². The lowest BCUT2D eigenvalue weighted by atomic mass is 10.1. The Morgan fingerprint density at radius 2 is 2.04 bits per heavy atom. The molecular formula is C14H23N7O4. The number of aromatic amines is 1. The van der Waals surface area contributed by atoms with Gasteiger partial charge < -0.3 is 32.2 Å². The van der Waals surface area contributed by atoms with Crippen molar-refractivity contribution in [2.24, 2.45) is 16.5 Å². The molecule has 8 N–H and O–H groups in total. The molecule has 0 spiro atoms. The van der Waals surface area contributed by atoms with Gasteiger partial charge in [0.25, 0.3) is 0 Å². The van der Waals surface area contributed by atoms with Crippen LogP contribution in [-0.4, -0.2) is 57.4 Å². The molecule has 11 nitrogen and oxygen atoms in total. The van der Waals surface area contributed by atoms with Gasteiger partial charge in [-0.1, -0.05) is 0 Å². The second kappa shape index (κ2) is 9.90. The molecule has 2 amide bonds. The molecule has 0 aliphatic carbocycles. The van der Waals surface area contributed by atoms with Crippen LogP contribution in [-0.2, 0) is 20.8 Å². The number of guanidine groups is 1. The third kappa shape index (κ3) is 7.81. The van der Waals surface area contributed by atoms with E-state index in [1.165, 1.54) is 19.4 Å². The molecule has 0 unspecified atom stereocenters. The van der Waals surface area contributed by atoms with E-state index < -0.39 is 29.9 Å². The largest absolute Gasteiger partial charge is 0.480 e. The van der Waals surface area contributed by atoms with Crippen molar-refractivity contribution < 1.29 is 19.5 Å². The van der Waals surface area contributed by atoms with E-state index in [9.17, 15) is 19.5 Å². The molecule has 1 heterocycles. The summed E-state index contributed by atoms with van der Waals surface area (Å²) in [4.78, 5) is 45.4. The first kappa shape index (κ1) is 19.9. The summed E-state index contributed by atoms with van der Waals surface area (Å²) in [6.07, 6.45) is 3.65. The van der Waals surface area contributed by atoms with Crippen molar-refractivity contribution in [1.29, 1.82) is 0 Å². The molecule has 0 aliphatic heterocycles. The second-order valence-corrected chi connectivity index (χ2v) is 5.38. The fraction of sp³-hybridized carbons (Fsp3) is 0.500. The summed E-state index contributed by atoms with van der Waals surface area (Å²) in [5.41, 5.74) is 11.0. The fourth-order valence-corrected chi connectivity index (χ4v) is 2.10. The standard InChI is InChI=1S/C14H23N7O4/c1-8(22)20-11(5-9-6-17-7-19-9)12(23)21-10(13(24)25)3-2-4-18-14(15)16/h6-7,10-11H,2-5H2,1H3,(H,17,19)(H,20,22)(H,21,23)(H,24,25)(H4,15,16,18)/t10-,11-/m0/s1. The monoisotopic (exact) mass is 353 g/mol. The van der Waals surface area contributed by atoms with Gasteiger partial charge in [-0.2, -0.15) is 0 Å². The second-order valence-electron chi connectivity index (χ2n) is 5.38. The number of carbonyl (C=O) groups excluding carboxylic acids is 2. The van der Waals surface area contributed by atoms with Crippen molar-refractivity contribution in [3.63, 3.8) is 0 Å². The van der Waals surface area contributed by atoms with Gasteiger partial charge >= 0.3 is 5.97 Å². The van der Waals surface area contributed by atoms with Gasteiger partial charge in [-0.05, 0) is 12.8 Å². The van der Waals surface area contributed by atoms with Gasteiger partial charge in [-0.3, -0.25) is 14.6 Å². The summed E-state index contributed by atoms with van der Waals surface area (Å²) in [7, 11) is 0. The number of aromatic nitrogens is 2. The minimum Gasteiger partial charge on any atom is -0.480 e. The number of nitrogens with one attached hydrogen (secondary N) is 3. The lowest BCUT2D eigenvalue weighted by molar-refractivity contribution is -0.142. The summed E-state index contributed by atoms with van der Waals surface area (Å²) in [6, 6.07) is -2.03. The van der Waals surface area contributed by atoms with Crippen LogP contribution in [0.4, 0.5) is 0 Å². The number of carbonyl (C=O) groups is 3. The molecule has 0 saturated heterocycles. The third-order valence-corrected chi connectivity index (χ3v) is 3.23. The van der Waals surface area contributed by atoms with Crippen LogP contribution in [0, 0.1) is 0 Å². The van der Waals surface area contributed by atoms with Crippen molar-refractivity contribution in [2.45, 2.75) is 38.3 Å². The summed E-state index contributed by atoms with van der Waals surface area (Å²) in [5, 5.41) is 14.2. The first-order valence-electron chi connectivity index (χ1n) is 7.62. The Hall–Kier alpha value is -3.11. The molecule has 11 heteroatoms. The Bertz CT molecular complexity index is 611. The molecule has 0 saturated carbocycles. The number of hydrogen-bond donors (Lipinski definition) is 6. The SMILES string of the molecule is CC(=O)N[C@@H](Cc1cnc[nH]1)C(=O)N[C@@H](CCCN=C(N)N)C(=O)O. The quantitative estimate of drug-likeness (QED) is 0.160. The average Bonchev–Trinajstić information content (AvgIpc) is 3.01. The molecule has 0 fully saturated rings.